The lowest BCUT2D eigenvalue weighted by atomic mass is 10.0. The Morgan fingerprint density at radius 3 is 2.82 bits per heavy atom. The lowest BCUT2D eigenvalue weighted by molar-refractivity contribution is 0.101. The van der Waals surface area contributed by atoms with E-state index in [9.17, 15) is 9.59 Å². The molecule has 1 amide bonds. The van der Waals surface area contributed by atoms with E-state index in [0.29, 0.717) is 11.7 Å². The maximum Gasteiger partial charge on any atom is 0.274 e. The normalized spacial score (nSPS) is 13.0. The number of aromatic nitrogens is 2. The van der Waals surface area contributed by atoms with Crippen molar-refractivity contribution in [2.45, 2.75) is 32.3 Å². The molecule has 0 saturated carbocycles. The molecule has 0 fully saturated rings. The van der Waals surface area contributed by atoms with Gasteiger partial charge in [0.25, 0.3) is 5.91 Å². The summed E-state index contributed by atoms with van der Waals surface area (Å²) in [6.45, 7) is 0.298. The lowest BCUT2D eigenvalue weighted by Crippen LogP contribution is -2.21. The molecule has 1 aliphatic carbocycles. The Morgan fingerprint density at radius 2 is 2.04 bits per heavy atom. The van der Waals surface area contributed by atoms with Gasteiger partial charge < -0.3 is 9.30 Å². The van der Waals surface area contributed by atoms with Crippen LogP contribution in [0.5, 0.6) is 5.75 Å². The highest BCUT2D eigenvalue weighted by molar-refractivity contribution is 7.15. The molecule has 0 radical (unpaired) electrons. The number of rotatable bonds is 5. The quantitative estimate of drug-likeness (QED) is 0.717. The monoisotopic (exact) mass is 395 g/mol. The van der Waals surface area contributed by atoms with Crippen molar-refractivity contribution in [2.75, 3.05) is 5.32 Å². The molecular formula is C21H21N3O3S. The molecule has 144 valence electrons. The van der Waals surface area contributed by atoms with E-state index in [0.717, 1.165) is 30.5 Å². The number of hydrogen-bond acceptors (Lipinski definition) is 5. The van der Waals surface area contributed by atoms with Gasteiger partial charge in [0.2, 0.25) is 5.43 Å². The van der Waals surface area contributed by atoms with Crippen LogP contribution in [-0.4, -0.2) is 15.5 Å². The first-order valence-corrected chi connectivity index (χ1v) is 10.1. The van der Waals surface area contributed by atoms with Crippen molar-refractivity contribution in [1.82, 2.24) is 9.55 Å². The number of carbonyl (C=O) groups is 1. The molecule has 28 heavy (non-hydrogen) atoms. The van der Waals surface area contributed by atoms with Crippen molar-refractivity contribution in [3.63, 3.8) is 0 Å². The number of nitrogens with zero attached hydrogens (tertiary/aromatic N) is 2. The molecule has 0 unspecified atom stereocenters. The number of amides is 1. The van der Waals surface area contributed by atoms with Crippen molar-refractivity contribution in [2.24, 2.45) is 7.05 Å². The average molecular weight is 395 g/mol. The topological polar surface area (TPSA) is 73.2 Å². The van der Waals surface area contributed by atoms with E-state index in [4.69, 9.17) is 4.74 Å². The van der Waals surface area contributed by atoms with Gasteiger partial charge in [0.05, 0.1) is 11.9 Å². The minimum atomic E-state index is -0.347. The second-order valence-electron chi connectivity index (χ2n) is 6.82. The van der Waals surface area contributed by atoms with Crippen LogP contribution in [0, 0.1) is 0 Å². The summed E-state index contributed by atoms with van der Waals surface area (Å²) in [4.78, 5) is 30.8. The molecule has 7 heteroatoms. The summed E-state index contributed by atoms with van der Waals surface area (Å²) >= 11 is 1.52. The summed E-state index contributed by atoms with van der Waals surface area (Å²) in [5, 5.41) is 3.42. The third-order valence-electron chi connectivity index (χ3n) is 4.74. The standard InChI is InChI=1S/C21H21N3O3S/c1-24-12-18(27-13-14-7-3-2-4-8-14)17(25)11-16(24)20(26)23-21-22-15-9-5-6-10-19(15)28-21/h2-4,7-8,11-12H,5-6,9-10,13H2,1H3,(H,22,23,26). The smallest absolute Gasteiger partial charge is 0.274 e. The van der Waals surface area contributed by atoms with Crippen LogP contribution >= 0.6 is 11.3 Å². The summed E-state index contributed by atoms with van der Waals surface area (Å²) in [6.07, 6.45) is 5.85. The summed E-state index contributed by atoms with van der Waals surface area (Å²) in [6, 6.07) is 10.9. The molecule has 4 rings (SSSR count). The van der Waals surface area contributed by atoms with E-state index in [1.807, 2.05) is 30.3 Å². The molecule has 3 aromatic rings. The summed E-state index contributed by atoms with van der Waals surface area (Å²) in [5.74, 6) is -0.132. The van der Waals surface area contributed by atoms with Gasteiger partial charge in [0.1, 0.15) is 12.3 Å². The summed E-state index contributed by atoms with van der Waals surface area (Å²) < 4.78 is 7.24. The number of thiazole rings is 1. The highest BCUT2D eigenvalue weighted by Gasteiger charge is 2.18. The fourth-order valence-electron chi connectivity index (χ4n) is 3.24. The number of hydrogen-bond donors (Lipinski definition) is 1. The number of anilines is 1. The third-order valence-corrected chi connectivity index (χ3v) is 5.81. The van der Waals surface area contributed by atoms with Gasteiger partial charge in [-0.15, -0.1) is 11.3 Å². The molecule has 0 bridgehead atoms. The van der Waals surface area contributed by atoms with Crippen LogP contribution in [0.1, 0.15) is 39.5 Å². The Hall–Kier alpha value is -2.93. The number of fused-ring (bicyclic) bond motifs is 1. The van der Waals surface area contributed by atoms with Crippen LogP contribution in [0.3, 0.4) is 0 Å². The first kappa shape index (κ1) is 18.4. The van der Waals surface area contributed by atoms with Crippen LogP contribution in [0.25, 0.3) is 0 Å². The van der Waals surface area contributed by atoms with Crippen LogP contribution in [0.2, 0.25) is 0 Å². The number of carbonyl (C=O) groups excluding carboxylic acids is 1. The summed E-state index contributed by atoms with van der Waals surface area (Å²) in [5.41, 5.74) is 2.01. The summed E-state index contributed by atoms with van der Waals surface area (Å²) in [7, 11) is 1.72. The number of nitrogens with one attached hydrogen (secondary N) is 1. The maximum absolute atomic E-state index is 12.6. The predicted molar refractivity (Wildman–Crippen MR) is 109 cm³/mol. The first-order valence-electron chi connectivity index (χ1n) is 9.27. The Bertz CT molecular complexity index is 1030. The van der Waals surface area contributed by atoms with Gasteiger partial charge in [-0.25, -0.2) is 4.98 Å². The molecule has 0 saturated heterocycles. The van der Waals surface area contributed by atoms with E-state index >= 15 is 0 Å². The Labute approximate surface area is 166 Å². The van der Waals surface area contributed by atoms with E-state index in [1.165, 1.54) is 28.7 Å². The van der Waals surface area contributed by atoms with Crippen LogP contribution in [0.4, 0.5) is 5.13 Å². The Morgan fingerprint density at radius 1 is 1.25 bits per heavy atom. The molecule has 1 N–H and O–H groups in total. The molecule has 0 aliphatic heterocycles. The molecule has 2 heterocycles. The van der Waals surface area contributed by atoms with Crippen LogP contribution in [0.15, 0.2) is 47.4 Å². The molecule has 1 aliphatic rings. The fraction of sp³-hybridized carbons (Fsp3) is 0.286. The second kappa shape index (κ2) is 7.98. The van der Waals surface area contributed by atoms with Gasteiger partial charge in [-0.05, 0) is 31.2 Å². The molecule has 0 spiro atoms. The third kappa shape index (κ3) is 3.99. The number of pyridine rings is 1. The van der Waals surface area contributed by atoms with Crippen molar-refractivity contribution < 1.29 is 9.53 Å². The average Bonchev–Trinajstić information content (AvgIpc) is 3.11. The molecule has 0 atom stereocenters. The second-order valence-corrected chi connectivity index (χ2v) is 7.91. The highest BCUT2D eigenvalue weighted by atomic mass is 32.1. The van der Waals surface area contributed by atoms with Crippen LogP contribution in [-0.2, 0) is 26.5 Å². The SMILES string of the molecule is Cn1cc(OCc2ccccc2)c(=O)cc1C(=O)Nc1nc2c(s1)CCCC2. The van der Waals surface area contributed by atoms with E-state index < -0.39 is 0 Å². The number of benzene rings is 1. The van der Waals surface area contributed by atoms with Gasteiger partial charge in [-0.3, -0.25) is 14.9 Å². The molecule has 6 nitrogen and oxygen atoms in total. The molecule has 1 aromatic carbocycles. The Kier molecular flexibility index (Phi) is 5.25. The van der Waals surface area contributed by atoms with Crippen molar-refractivity contribution in [3.05, 3.63) is 74.6 Å². The first-order chi connectivity index (χ1) is 13.6. The minimum absolute atomic E-state index is 0.215. The zero-order chi connectivity index (χ0) is 19.5. The van der Waals surface area contributed by atoms with Crippen molar-refractivity contribution >= 4 is 22.4 Å². The van der Waals surface area contributed by atoms with Gasteiger partial charge in [-0.1, -0.05) is 30.3 Å². The largest absolute Gasteiger partial charge is 0.483 e. The minimum Gasteiger partial charge on any atom is -0.483 e. The van der Waals surface area contributed by atoms with Gasteiger partial charge in [-0.2, -0.15) is 0 Å². The van der Waals surface area contributed by atoms with Crippen LogP contribution < -0.4 is 15.5 Å². The lowest BCUT2D eigenvalue weighted by Gasteiger charge is -2.11. The highest BCUT2D eigenvalue weighted by Crippen LogP contribution is 2.29. The van der Waals surface area contributed by atoms with E-state index in [-0.39, 0.29) is 22.8 Å². The predicted octanol–water partition coefficient (Wildman–Crippen LogP) is 3.55. The van der Waals surface area contributed by atoms with E-state index in [1.54, 1.807) is 17.8 Å². The van der Waals surface area contributed by atoms with Gasteiger partial charge >= 0.3 is 0 Å². The van der Waals surface area contributed by atoms with Crippen molar-refractivity contribution in [3.8, 4) is 5.75 Å². The van der Waals surface area contributed by atoms with Gasteiger partial charge in [0.15, 0.2) is 10.9 Å². The number of aryl methyl sites for hydroxylation is 3. The fourth-order valence-corrected chi connectivity index (χ4v) is 4.29. The zero-order valence-electron chi connectivity index (χ0n) is 15.6. The van der Waals surface area contributed by atoms with E-state index in [2.05, 4.69) is 10.3 Å². The zero-order valence-corrected chi connectivity index (χ0v) is 16.4. The molecular weight excluding hydrogens is 374 g/mol. The maximum atomic E-state index is 12.6. The Balaban J connectivity index is 1.48. The molecule has 2 aromatic heterocycles. The number of ether oxygens (including phenoxy) is 1. The van der Waals surface area contributed by atoms with Crippen molar-refractivity contribution in [1.29, 1.82) is 0 Å². The van der Waals surface area contributed by atoms with Gasteiger partial charge in [0, 0.05) is 18.0 Å².